The van der Waals surface area contributed by atoms with Crippen LogP contribution >= 0.6 is 0 Å². The van der Waals surface area contributed by atoms with Gasteiger partial charge in [-0.05, 0) is 38.4 Å². The molecule has 2 aliphatic heterocycles. The molecule has 4 heteroatoms. The van der Waals surface area contributed by atoms with Gasteiger partial charge in [0.2, 0.25) is 0 Å². The van der Waals surface area contributed by atoms with E-state index in [1.165, 1.54) is 0 Å². The van der Waals surface area contributed by atoms with Crippen molar-refractivity contribution in [2.45, 2.75) is 25.4 Å². The summed E-state index contributed by atoms with van der Waals surface area (Å²) in [7, 11) is 0. The van der Waals surface area contributed by atoms with E-state index in [-0.39, 0.29) is 0 Å². The van der Waals surface area contributed by atoms with E-state index in [1.807, 2.05) is 13.0 Å². The second kappa shape index (κ2) is 4.52. The van der Waals surface area contributed by atoms with Crippen LogP contribution in [0.1, 0.15) is 18.5 Å². The molecule has 18 heavy (non-hydrogen) atoms. The highest BCUT2D eigenvalue weighted by atomic mass is 16.3. The van der Waals surface area contributed by atoms with Gasteiger partial charge in [0.05, 0.1) is 5.60 Å². The van der Waals surface area contributed by atoms with Crippen molar-refractivity contribution in [1.29, 1.82) is 0 Å². The fraction of sp³-hybridized carbons (Fsp3) is 0.643. The normalized spacial score (nSPS) is 32.1. The lowest BCUT2D eigenvalue weighted by atomic mass is 9.76. The Morgan fingerprint density at radius 1 is 1.44 bits per heavy atom. The van der Waals surface area contributed by atoms with Gasteiger partial charge < -0.3 is 15.3 Å². The van der Waals surface area contributed by atoms with Gasteiger partial charge in [0.1, 0.15) is 5.82 Å². The lowest BCUT2D eigenvalue weighted by Gasteiger charge is -2.47. The van der Waals surface area contributed by atoms with E-state index in [2.05, 4.69) is 27.3 Å². The third-order valence-electron chi connectivity index (χ3n) is 4.34. The molecule has 0 bridgehead atoms. The molecule has 2 aliphatic rings. The highest BCUT2D eigenvalue weighted by Crippen LogP contribution is 2.34. The predicted molar refractivity (Wildman–Crippen MR) is 71.7 cm³/mol. The Labute approximate surface area is 108 Å². The number of aliphatic hydroxyl groups is 1. The van der Waals surface area contributed by atoms with Crippen LogP contribution in [0.3, 0.4) is 0 Å². The van der Waals surface area contributed by atoms with Crippen molar-refractivity contribution >= 4 is 5.82 Å². The van der Waals surface area contributed by atoms with E-state index < -0.39 is 5.60 Å². The number of hydrogen-bond donors (Lipinski definition) is 2. The summed E-state index contributed by atoms with van der Waals surface area (Å²) in [6, 6.07) is 6.14. The van der Waals surface area contributed by atoms with Crippen LogP contribution in [0.4, 0.5) is 5.82 Å². The van der Waals surface area contributed by atoms with Crippen molar-refractivity contribution in [3.63, 3.8) is 0 Å². The van der Waals surface area contributed by atoms with E-state index in [9.17, 15) is 5.11 Å². The molecule has 0 spiro atoms. The number of nitrogens with zero attached hydrogens (tertiary/aromatic N) is 2. The minimum atomic E-state index is -0.453. The predicted octanol–water partition coefficient (Wildman–Crippen LogP) is 0.941. The summed E-state index contributed by atoms with van der Waals surface area (Å²) in [4.78, 5) is 6.89. The zero-order valence-electron chi connectivity index (χ0n) is 10.9. The Morgan fingerprint density at radius 3 is 3.17 bits per heavy atom. The molecule has 0 aliphatic carbocycles. The minimum absolute atomic E-state index is 0.322. The first kappa shape index (κ1) is 11.9. The molecule has 0 saturated carbocycles. The zero-order chi connectivity index (χ0) is 12.6. The summed E-state index contributed by atoms with van der Waals surface area (Å²) in [6.07, 6.45) is 1.74. The number of aromatic nitrogens is 1. The molecule has 3 heterocycles. The fourth-order valence-electron chi connectivity index (χ4n) is 3.14. The summed E-state index contributed by atoms with van der Waals surface area (Å²) in [6.45, 7) is 5.68. The van der Waals surface area contributed by atoms with Gasteiger partial charge >= 0.3 is 0 Å². The monoisotopic (exact) mass is 247 g/mol. The average molecular weight is 247 g/mol. The number of hydrogen-bond acceptors (Lipinski definition) is 4. The highest BCUT2D eigenvalue weighted by molar-refractivity contribution is 5.40. The summed E-state index contributed by atoms with van der Waals surface area (Å²) >= 11 is 0. The van der Waals surface area contributed by atoms with Gasteiger partial charge in [0, 0.05) is 31.2 Å². The van der Waals surface area contributed by atoms with Gasteiger partial charge in [-0.15, -0.1) is 0 Å². The van der Waals surface area contributed by atoms with Crippen molar-refractivity contribution < 1.29 is 5.11 Å². The van der Waals surface area contributed by atoms with Gasteiger partial charge in [-0.1, -0.05) is 6.07 Å². The molecular weight excluding hydrogens is 226 g/mol. The van der Waals surface area contributed by atoms with Crippen LogP contribution in [0.2, 0.25) is 0 Å². The van der Waals surface area contributed by atoms with E-state index >= 15 is 0 Å². The van der Waals surface area contributed by atoms with Crippen LogP contribution in [0.5, 0.6) is 0 Å². The Hall–Kier alpha value is -1.13. The maximum atomic E-state index is 10.6. The largest absolute Gasteiger partial charge is 0.389 e. The standard InChI is InChI=1S/C14H21N3O/c1-11-3-2-4-13(16-11)17-8-6-14(18)5-7-15-9-12(14)10-17/h2-4,12,15,18H,5-10H2,1H3/t12-,14-/m0/s1. The zero-order valence-corrected chi connectivity index (χ0v) is 10.9. The van der Waals surface area contributed by atoms with Crippen molar-refractivity contribution in [2.24, 2.45) is 5.92 Å². The Balaban J connectivity index is 1.77. The lowest BCUT2D eigenvalue weighted by Crippen LogP contribution is -2.59. The Bertz CT molecular complexity index is 437. The fourth-order valence-corrected chi connectivity index (χ4v) is 3.14. The summed E-state index contributed by atoms with van der Waals surface area (Å²) in [5.74, 6) is 1.37. The second-order valence-electron chi connectivity index (χ2n) is 5.59. The third-order valence-corrected chi connectivity index (χ3v) is 4.34. The summed E-state index contributed by atoms with van der Waals surface area (Å²) < 4.78 is 0. The molecule has 3 rings (SSSR count). The van der Waals surface area contributed by atoms with Crippen LogP contribution in [0.25, 0.3) is 0 Å². The lowest BCUT2D eigenvalue weighted by molar-refractivity contribution is -0.0539. The first-order valence-electron chi connectivity index (χ1n) is 6.79. The molecule has 2 N–H and O–H groups in total. The van der Waals surface area contributed by atoms with Gasteiger partial charge in [-0.3, -0.25) is 0 Å². The number of pyridine rings is 1. The van der Waals surface area contributed by atoms with E-state index in [0.717, 1.165) is 50.5 Å². The number of nitrogens with one attached hydrogen (secondary N) is 1. The van der Waals surface area contributed by atoms with Crippen LogP contribution in [-0.2, 0) is 0 Å². The quantitative estimate of drug-likeness (QED) is 0.775. The SMILES string of the molecule is Cc1cccc(N2CC[C@@]3(O)CCNC[C@H]3C2)n1. The van der Waals surface area contributed by atoms with Crippen LogP contribution in [-0.4, -0.2) is 41.9 Å². The third kappa shape index (κ3) is 2.10. The van der Waals surface area contributed by atoms with E-state index in [1.54, 1.807) is 0 Å². The summed E-state index contributed by atoms with van der Waals surface area (Å²) in [5, 5.41) is 14.0. The maximum absolute atomic E-state index is 10.6. The van der Waals surface area contributed by atoms with Gasteiger partial charge in [0.25, 0.3) is 0 Å². The van der Waals surface area contributed by atoms with Gasteiger partial charge in [-0.25, -0.2) is 4.98 Å². The first-order chi connectivity index (χ1) is 8.67. The van der Waals surface area contributed by atoms with Gasteiger partial charge in [0.15, 0.2) is 0 Å². The average Bonchev–Trinajstić information content (AvgIpc) is 2.37. The molecule has 0 amide bonds. The molecular formula is C14H21N3O. The molecule has 1 aromatic rings. The molecule has 2 fully saturated rings. The first-order valence-corrected chi connectivity index (χ1v) is 6.79. The summed E-state index contributed by atoms with van der Waals surface area (Å²) in [5.41, 5.74) is 0.598. The molecule has 98 valence electrons. The van der Waals surface area contributed by atoms with Gasteiger partial charge in [-0.2, -0.15) is 0 Å². The topological polar surface area (TPSA) is 48.4 Å². The molecule has 4 nitrogen and oxygen atoms in total. The van der Waals surface area contributed by atoms with Crippen molar-refractivity contribution in [1.82, 2.24) is 10.3 Å². The van der Waals surface area contributed by atoms with Crippen LogP contribution in [0, 0.1) is 12.8 Å². The number of piperidine rings is 2. The number of rotatable bonds is 1. The van der Waals surface area contributed by atoms with Crippen molar-refractivity contribution in [2.75, 3.05) is 31.1 Å². The smallest absolute Gasteiger partial charge is 0.128 e. The second-order valence-corrected chi connectivity index (χ2v) is 5.59. The molecule has 2 saturated heterocycles. The molecule has 2 atom stereocenters. The van der Waals surface area contributed by atoms with Crippen LogP contribution < -0.4 is 10.2 Å². The Kier molecular flexibility index (Phi) is 2.99. The highest BCUT2D eigenvalue weighted by Gasteiger charge is 2.43. The Morgan fingerprint density at radius 2 is 2.33 bits per heavy atom. The van der Waals surface area contributed by atoms with Crippen molar-refractivity contribution in [3.8, 4) is 0 Å². The number of aryl methyl sites for hydroxylation is 1. The van der Waals surface area contributed by atoms with Crippen LogP contribution in [0.15, 0.2) is 18.2 Å². The molecule has 0 unspecified atom stereocenters. The van der Waals surface area contributed by atoms with Crippen molar-refractivity contribution in [3.05, 3.63) is 23.9 Å². The minimum Gasteiger partial charge on any atom is -0.389 e. The molecule has 1 aromatic heterocycles. The maximum Gasteiger partial charge on any atom is 0.128 e. The van der Waals surface area contributed by atoms with E-state index in [4.69, 9.17) is 0 Å². The molecule has 0 radical (unpaired) electrons. The number of fused-ring (bicyclic) bond motifs is 1. The van der Waals surface area contributed by atoms with E-state index in [0.29, 0.717) is 5.92 Å². The molecule has 0 aromatic carbocycles. The number of anilines is 1.